The molecule has 7 nitrogen and oxygen atoms in total. The van der Waals surface area contributed by atoms with E-state index in [1.54, 1.807) is 12.1 Å². The first-order valence-electron chi connectivity index (χ1n) is 8.21. The highest BCUT2D eigenvalue weighted by Gasteiger charge is 2.35. The molecule has 0 saturated heterocycles. The number of rotatable bonds is 5. The van der Waals surface area contributed by atoms with E-state index in [0.717, 1.165) is 36.3 Å². The highest BCUT2D eigenvalue weighted by molar-refractivity contribution is 7.19. The van der Waals surface area contributed by atoms with Gasteiger partial charge in [0.1, 0.15) is 5.76 Å². The lowest BCUT2D eigenvalue weighted by atomic mass is 9.99. The van der Waals surface area contributed by atoms with Crippen LogP contribution in [0.1, 0.15) is 48.9 Å². The average molecular weight is 363 g/mol. The lowest BCUT2D eigenvalue weighted by molar-refractivity contribution is -0.114. The number of hydrogen-bond donors (Lipinski definition) is 3. The first kappa shape index (κ1) is 17.6. The lowest BCUT2D eigenvalue weighted by Gasteiger charge is -2.27. The molecule has 0 aliphatic heterocycles. The molecule has 0 radical (unpaired) electrons. The van der Waals surface area contributed by atoms with E-state index in [-0.39, 0.29) is 24.2 Å². The summed E-state index contributed by atoms with van der Waals surface area (Å²) in [6.07, 6.45) is 3.54. The Morgan fingerprint density at radius 2 is 2.08 bits per heavy atom. The molecule has 1 aliphatic rings. The van der Waals surface area contributed by atoms with Gasteiger partial charge in [0, 0.05) is 6.92 Å². The van der Waals surface area contributed by atoms with Gasteiger partial charge >= 0.3 is 0 Å². The number of anilines is 1. The van der Waals surface area contributed by atoms with E-state index in [2.05, 4.69) is 15.6 Å². The van der Waals surface area contributed by atoms with Crippen LogP contribution in [0.2, 0.25) is 0 Å². The first-order chi connectivity index (χ1) is 11.9. The molecule has 1 aliphatic carbocycles. The van der Waals surface area contributed by atoms with Crippen molar-refractivity contribution in [3.63, 3.8) is 0 Å². The molecular formula is C17H21N3O4S. The number of carbonyl (C=O) groups excluding carboxylic acids is 2. The van der Waals surface area contributed by atoms with E-state index in [1.807, 2.05) is 6.92 Å². The molecule has 0 unspecified atom stereocenters. The molecule has 2 aromatic heterocycles. The fourth-order valence-corrected chi connectivity index (χ4v) is 4.06. The summed E-state index contributed by atoms with van der Waals surface area (Å²) in [4.78, 5) is 28.7. The highest BCUT2D eigenvalue weighted by atomic mass is 32.1. The van der Waals surface area contributed by atoms with Gasteiger partial charge in [-0.05, 0) is 31.9 Å². The fraction of sp³-hybridized carbons (Fsp3) is 0.471. The third-order valence-corrected chi connectivity index (χ3v) is 5.46. The fourth-order valence-electron chi connectivity index (χ4n) is 3.09. The monoisotopic (exact) mass is 363 g/mol. The molecule has 0 spiro atoms. The topological polar surface area (TPSA) is 104 Å². The number of furan rings is 1. The van der Waals surface area contributed by atoms with Crippen LogP contribution >= 0.6 is 11.3 Å². The smallest absolute Gasteiger partial charge is 0.287 e. The number of aliphatic hydroxyl groups is 1. The first-order valence-corrected chi connectivity index (χ1v) is 9.03. The molecule has 1 fully saturated rings. The Bertz CT molecular complexity index is 790. The van der Waals surface area contributed by atoms with Crippen molar-refractivity contribution in [1.82, 2.24) is 10.3 Å². The second-order valence-corrected chi connectivity index (χ2v) is 7.38. The minimum atomic E-state index is -0.539. The third-order valence-electron chi connectivity index (χ3n) is 4.38. The molecule has 0 bridgehead atoms. The van der Waals surface area contributed by atoms with Gasteiger partial charge in [-0.2, -0.15) is 0 Å². The van der Waals surface area contributed by atoms with Crippen LogP contribution in [-0.4, -0.2) is 34.1 Å². The van der Waals surface area contributed by atoms with E-state index in [9.17, 15) is 14.7 Å². The maximum Gasteiger partial charge on any atom is 0.287 e. The predicted molar refractivity (Wildman–Crippen MR) is 94.6 cm³/mol. The maximum atomic E-state index is 12.5. The Balaban J connectivity index is 1.77. The zero-order valence-corrected chi connectivity index (χ0v) is 15.0. The molecule has 25 heavy (non-hydrogen) atoms. The van der Waals surface area contributed by atoms with Crippen LogP contribution in [0.15, 0.2) is 16.5 Å². The molecule has 0 atom stereocenters. The molecule has 1 saturated carbocycles. The third kappa shape index (κ3) is 3.74. The van der Waals surface area contributed by atoms with Crippen molar-refractivity contribution in [2.24, 2.45) is 0 Å². The largest absolute Gasteiger partial charge is 0.450 e. The molecule has 2 heterocycles. The summed E-state index contributed by atoms with van der Waals surface area (Å²) in [5, 5.41) is 15.7. The standard InChI is InChI=1S/C17H21N3O4S/c1-10-14(25-16(18-10)19-11(2)22)12-5-6-13(24-12)15(23)20-17(9-21)7-3-4-8-17/h5-6,21H,3-4,7-9H2,1-2H3,(H,20,23)(H,18,19,22). The number of aromatic nitrogens is 1. The number of thiazole rings is 1. The molecule has 3 N–H and O–H groups in total. The minimum absolute atomic E-state index is 0.0691. The minimum Gasteiger partial charge on any atom is -0.450 e. The number of aryl methyl sites for hydroxylation is 1. The number of amides is 2. The lowest BCUT2D eigenvalue weighted by Crippen LogP contribution is -2.49. The Kier molecular flexibility index (Phi) is 4.91. The van der Waals surface area contributed by atoms with E-state index in [1.165, 1.54) is 18.3 Å². The molecule has 8 heteroatoms. The van der Waals surface area contributed by atoms with Crippen LogP contribution in [0.5, 0.6) is 0 Å². The molecule has 2 amide bonds. The molecule has 2 aromatic rings. The van der Waals surface area contributed by atoms with Crippen molar-refractivity contribution in [3.8, 4) is 10.6 Å². The summed E-state index contributed by atoms with van der Waals surface area (Å²) in [5.74, 6) is 0.210. The Hall–Kier alpha value is -2.19. The van der Waals surface area contributed by atoms with Crippen molar-refractivity contribution in [1.29, 1.82) is 0 Å². The van der Waals surface area contributed by atoms with Crippen LogP contribution in [-0.2, 0) is 4.79 Å². The van der Waals surface area contributed by atoms with Crippen molar-refractivity contribution < 1.29 is 19.1 Å². The number of hydrogen-bond acceptors (Lipinski definition) is 6. The van der Waals surface area contributed by atoms with Gasteiger partial charge in [0.25, 0.3) is 5.91 Å². The summed E-state index contributed by atoms with van der Waals surface area (Å²) in [5.41, 5.74) is 0.181. The van der Waals surface area contributed by atoms with Gasteiger partial charge in [-0.25, -0.2) is 4.98 Å². The van der Waals surface area contributed by atoms with Crippen LogP contribution in [0.3, 0.4) is 0 Å². The van der Waals surface area contributed by atoms with Crippen molar-refractivity contribution in [2.75, 3.05) is 11.9 Å². The average Bonchev–Trinajstić information content (AvgIpc) is 3.27. The summed E-state index contributed by atoms with van der Waals surface area (Å²) in [7, 11) is 0. The zero-order chi connectivity index (χ0) is 18.0. The van der Waals surface area contributed by atoms with E-state index < -0.39 is 5.54 Å². The van der Waals surface area contributed by atoms with Gasteiger partial charge in [-0.15, -0.1) is 0 Å². The molecule has 134 valence electrons. The number of nitrogens with zero attached hydrogens (tertiary/aromatic N) is 1. The van der Waals surface area contributed by atoms with Crippen LogP contribution in [0.25, 0.3) is 10.6 Å². The summed E-state index contributed by atoms with van der Waals surface area (Å²) >= 11 is 1.29. The molecular weight excluding hydrogens is 342 g/mol. The number of carbonyl (C=O) groups is 2. The van der Waals surface area contributed by atoms with Crippen LogP contribution in [0, 0.1) is 6.92 Å². The predicted octanol–water partition coefficient (Wildman–Crippen LogP) is 2.70. The van der Waals surface area contributed by atoms with E-state index in [4.69, 9.17) is 4.42 Å². The second kappa shape index (κ2) is 6.97. The van der Waals surface area contributed by atoms with Gasteiger partial charge in [-0.3, -0.25) is 9.59 Å². The maximum absolute atomic E-state index is 12.5. The van der Waals surface area contributed by atoms with Gasteiger partial charge in [0.15, 0.2) is 10.9 Å². The van der Waals surface area contributed by atoms with E-state index >= 15 is 0 Å². The quantitative estimate of drug-likeness (QED) is 0.758. The van der Waals surface area contributed by atoms with Gasteiger partial charge in [-0.1, -0.05) is 24.2 Å². The van der Waals surface area contributed by atoms with Crippen molar-refractivity contribution in [2.45, 2.75) is 45.1 Å². The highest BCUT2D eigenvalue weighted by Crippen LogP contribution is 2.34. The van der Waals surface area contributed by atoms with Gasteiger partial charge in [0.2, 0.25) is 5.91 Å². The van der Waals surface area contributed by atoms with Crippen LogP contribution in [0.4, 0.5) is 5.13 Å². The zero-order valence-electron chi connectivity index (χ0n) is 14.2. The summed E-state index contributed by atoms with van der Waals surface area (Å²) < 4.78 is 5.69. The SMILES string of the molecule is CC(=O)Nc1nc(C)c(-c2ccc(C(=O)NC3(CO)CCCC3)o2)s1. The second-order valence-electron chi connectivity index (χ2n) is 6.38. The Labute approximate surface area is 149 Å². The van der Waals surface area contributed by atoms with Crippen molar-refractivity contribution in [3.05, 3.63) is 23.6 Å². The van der Waals surface area contributed by atoms with Crippen molar-refractivity contribution >= 4 is 28.3 Å². The normalized spacial score (nSPS) is 16.0. The molecule has 3 rings (SSSR count). The number of aliphatic hydroxyl groups excluding tert-OH is 1. The Morgan fingerprint density at radius 3 is 2.72 bits per heavy atom. The van der Waals surface area contributed by atoms with Crippen LogP contribution < -0.4 is 10.6 Å². The van der Waals surface area contributed by atoms with Gasteiger partial charge < -0.3 is 20.2 Å². The van der Waals surface area contributed by atoms with Gasteiger partial charge in [0.05, 0.1) is 22.7 Å². The molecule has 0 aromatic carbocycles. The summed E-state index contributed by atoms with van der Waals surface area (Å²) in [6, 6.07) is 3.33. The number of nitrogens with one attached hydrogen (secondary N) is 2. The summed E-state index contributed by atoms with van der Waals surface area (Å²) in [6.45, 7) is 3.17. The van der Waals surface area contributed by atoms with E-state index in [0.29, 0.717) is 10.9 Å². The Morgan fingerprint density at radius 1 is 1.36 bits per heavy atom.